The Labute approximate surface area is 169 Å². The van der Waals surface area contributed by atoms with E-state index < -0.39 is 0 Å². The Morgan fingerprint density at radius 2 is 2.03 bits per heavy atom. The Hall–Kier alpha value is -3.30. The van der Waals surface area contributed by atoms with Crippen LogP contribution in [0.1, 0.15) is 44.9 Å². The molecule has 29 heavy (non-hydrogen) atoms. The van der Waals surface area contributed by atoms with E-state index in [0.29, 0.717) is 28.4 Å². The molecule has 4 rings (SSSR count). The van der Waals surface area contributed by atoms with E-state index in [4.69, 9.17) is 4.74 Å². The fourth-order valence-electron chi connectivity index (χ4n) is 3.80. The van der Waals surface area contributed by atoms with E-state index in [2.05, 4.69) is 21.3 Å². The molecule has 1 aliphatic heterocycles. The van der Waals surface area contributed by atoms with Crippen molar-refractivity contribution in [3.8, 4) is 17.5 Å². The van der Waals surface area contributed by atoms with Gasteiger partial charge in [0, 0.05) is 36.3 Å². The van der Waals surface area contributed by atoms with Gasteiger partial charge in [0.05, 0.1) is 11.6 Å². The topological polar surface area (TPSA) is 91.7 Å². The van der Waals surface area contributed by atoms with E-state index in [1.165, 1.54) is 0 Å². The Balaban J connectivity index is 1.68. The van der Waals surface area contributed by atoms with Gasteiger partial charge in [-0.2, -0.15) is 5.26 Å². The number of carbonyl (C=O) groups is 1. The van der Waals surface area contributed by atoms with Crippen molar-refractivity contribution in [1.29, 1.82) is 5.26 Å². The Bertz CT molecular complexity index is 1100. The van der Waals surface area contributed by atoms with Crippen LogP contribution in [0.3, 0.4) is 0 Å². The largest absolute Gasteiger partial charge is 0.381 e. The minimum Gasteiger partial charge on any atom is -0.381 e. The Morgan fingerprint density at radius 3 is 2.79 bits per heavy atom. The smallest absolute Gasteiger partial charge is 0.194 e. The second-order valence-corrected chi connectivity index (χ2v) is 7.52. The zero-order chi connectivity index (χ0) is 20.4. The van der Waals surface area contributed by atoms with Crippen molar-refractivity contribution in [1.82, 2.24) is 15.2 Å². The van der Waals surface area contributed by atoms with Gasteiger partial charge in [0.2, 0.25) is 0 Å². The van der Waals surface area contributed by atoms with E-state index in [1.54, 1.807) is 24.3 Å². The Kier molecular flexibility index (Phi) is 5.24. The maximum Gasteiger partial charge on any atom is 0.194 e. The number of benzene rings is 2. The predicted octanol–water partition coefficient (Wildman–Crippen LogP) is 3.77. The summed E-state index contributed by atoms with van der Waals surface area (Å²) in [6, 6.07) is 12.8. The number of hydrogen-bond donors (Lipinski definition) is 1. The van der Waals surface area contributed by atoms with Crippen LogP contribution in [0.25, 0.3) is 11.4 Å². The summed E-state index contributed by atoms with van der Waals surface area (Å²) >= 11 is 0. The quantitative estimate of drug-likeness (QED) is 0.674. The number of nitriles is 1. The van der Waals surface area contributed by atoms with Crippen molar-refractivity contribution in [2.75, 3.05) is 13.2 Å². The third-order valence-corrected chi connectivity index (χ3v) is 5.40. The van der Waals surface area contributed by atoms with Crippen LogP contribution in [-0.2, 0) is 11.2 Å². The van der Waals surface area contributed by atoms with Crippen LogP contribution >= 0.6 is 0 Å². The number of nitrogens with zero attached hydrogens (tertiary/aromatic N) is 3. The molecule has 0 aliphatic carbocycles. The third-order valence-electron chi connectivity index (χ3n) is 5.40. The van der Waals surface area contributed by atoms with Gasteiger partial charge in [-0.3, -0.25) is 4.79 Å². The van der Waals surface area contributed by atoms with Gasteiger partial charge < -0.3 is 9.72 Å². The first kappa shape index (κ1) is 19.0. The lowest BCUT2D eigenvalue weighted by atomic mass is 9.92. The van der Waals surface area contributed by atoms with Crippen LogP contribution in [-0.4, -0.2) is 34.2 Å². The maximum absolute atomic E-state index is 13.2. The fraction of sp³-hybridized carbons (Fsp3) is 0.304. The number of aryl methyl sites for hydroxylation is 2. The van der Waals surface area contributed by atoms with Gasteiger partial charge in [-0.25, -0.2) is 0 Å². The first-order chi connectivity index (χ1) is 14.1. The fourth-order valence-corrected chi connectivity index (χ4v) is 3.80. The number of aromatic amines is 1. The minimum atomic E-state index is -0.163. The average molecular weight is 386 g/mol. The summed E-state index contributed by atoms with van der Waals surface area (Å²) in [4.78, 5) is 16.5. The summed E-state index contributed by atoms with van der Waals surface area (Å²) in [7, 11) is 0. The zero-order valence-electron chi connectivity index (χ0n) is 16.5. The highest BCUT2D eigenvalue weighted by Crippen LogP contribution is 2.27. The van der Waals surface area contributed by atoms with Crippen molar-refractivity contribution < 1.29 is 9.53 Å². The SMILES string of the molecule is Cc1cc(C)c(-c2nnc(CC3CCOC3)[nH]2)cc1C(=O)c1ccccc1C#N. The van der Waals surface area contributed by atoms with E-state index in [1.807, 2.05) is 26.0 Å². The van der Waals surface area contributed by atoms with Gasteiger partial charge in [-0.05, 0) is 55.5 Å². The van der Waals surface area contributed by atoms with Gasteiger partial charge in [-0.1, -0.05) is 18.2 Å². The Morgan fingerprint density at radius 1 is 1.21 bits per heavy atom. The summed E-state index contributed by atoms with van der Waals surface area (Å²) in [6.45, 7) is 5.46. The molecule has 1 saturated heterocycles. The molecule has 3 aromatic rings. The van der Waals surface area contributed by atoms with E-state index in [9.17, 15) is 10.1 Å². The van der Waals surface area contributed by atoms with E-state index >= 15 is 0 Å². The summed E-state index contributed by atoms with van der Waals surface area (Å²) in [5.74, 6) is 1.79. The lowest BCUT2D eigenvalue weighted by Crippen LogP contribution is -2.07. The number of hydrogen-bond acceptors (Lipinski definition) is 5. The molecular weight excluding hydrogens is 364 g/mol. The van der Waals surface area contributed by atoms with Crippen molar-refractivity contribution >= 4 is 5.78 Å². The number of rotatable bonds is 5. The highest BCUT2D eigenvalue weighted by Gasteiger charge is 2.21. The summed E-state index contributed by atoms with van der Waals surface area (Å²) in [6.07, 6.45) is 1.84. The molecule has 0 saturated carbocycles. The van der Waals surface area contributed by atoms with Gasteiger partial charge in [0.25, 0.3) is 0 Å². The predicted molar refractivity (Wildman–Crippen MR) is 109 cm³/mol. The molecule has 1 N–H and O–H groups in total. The van der Waals surface area contributed by atoms with Crippen LogP contribution in [0.15, 0.2) is 36.4 Å². The monoisotopic (exact) mass is 386 g/mol. The van der Waals surface area contributed by atoms with Crippen molar-refractivity contribution in [3.63, 3.8) is 0 Å². The molecule has 1 unspecified atom stereocenters. The number of ether oxygens (including phenoxy) is 1. The normalized spacial score (nSPS) is 16.0. The molecular formula is C23H22N4O2. The highest BCUT2D eigenvalue weighted by molar-refractivity contribution is 6.11. The highest BCUT2D eigenvalue weighted by atomic mass is 16.5. The molecule has 1 aliphatic rings. The first-order valence-electron chi connectivity index (χ1n) is 9.71. The molecule has 1 atom stereocenters. The molecule has 0 bridgehead atoms. The molecule has 0 radical (unpaired) electrons. The summed E-state index contributed by atoms with van der Waals surface area (Å²) < 4.78 is 5.43. The average Bonchev–Trinajstić information content (AvgIpc) is 3.40. The molecule has 1 fully saturated rings. The molecule has 0 amide bonds. The minimum absolute atomic E-state index is 0.163. The van der Waals surface area contributed by atoms with Gasteiger partial charge in [0.15, 0.2) is 11.6 Å². The standard InChI is InChI=1S/C23H22N4O2/c1-14-9-15(2)20(23-25-21(26-27-23)10-16-7-8-29-13-16)11-19(14)22(28)18-6-4-3-5-17(18)12-24/h3-6,9,11,16H,7-8,10,13H2,1-2H3,(H,25,26,27). The second-order valence-electron chi connectivity index (χ2n) is 7.52. The van der Waals surface area contributed by atoms with Gasteiger partial charge in [0.1, 0.15) is 5.82 Å². The lowest BCUT2D eigenvalue weighted by molar-refractivity contribution is 0.103. The van der Waals surface area contributed by atoms with E-state index in [-0.39, 0.29) is 5.78 Å². The van der Waals surface area contributed by atoms with Crippen LogP contribution in [0.5, 0.6) is 0 Å². The number of nitrogens with one attached hydrogen (secondary N) is 1. The van der Waals surface area contributed by atoms with Crippen molar-refractivity contribution in [3.05, 3.63) is 70.0 Å². The summed E-state index contributed by atoms with van der Waals surface area (Å²) in [5, 5.41) is 18.0. The van der Waals surface area contributed by atoms with Crippen molar-refractivity contribution in [2.45, 2.75) is 26.7 Å². The molecule has 0 spiro atoms. The van der Waals surface area contributed by atoms with Crippen LogP contribution in [0.2, 0.25) is 0 Å². The van der Waals surface area contributed by atoms with Crippen LogP contribution in [0.4, 0.5) is 0 Å². The molecule has 2 heterocycles. The molecule has 2 aromatic carbocycles. The maximum atomic E-state index is 13.2. The second kappa shape index (κ2) is 7.98. The van der Waals surface area contributed by atoms with Crippen LogP contribution < -0.4 is 0 Å². The molecule has 1 aromatic heterocycles. The first-order valence-corrected chi connectivity index (χ1v) is 9.71. The van der Waals surface area contributed by atoms with Gasteiger partial charge in [-0.15, -0.1) is 10.2 Å². The zero-order valence-corrected chi connectivity index (χ0v) is 16.5. The number of H-pyrrole nitrogens is 1. The molecule has 146 valence electrons. The molecule has 6 heteroatoms. The van der Waals surface area contributed by atoms with E-state index in [0.717, 1.165) is 48.6 Å². The lowest BCUT2D eigenvalue weighted by Gasteiger charge is -2.11. The van der Waals surface area contributed by atoms with Crippen LogP contribution in [0, 0.1) is 31.1 Å². The number of ketones is 1. The summed E-state index contributed by atoms with van der Waals surface area (Å²) in [5.41, 5.74) is 4.07. The van der Waals surface area contributed by atoms with Gasteiger partial charge >= 0.3 is 0 Å². The molecule has 6 nitrogen and oxygen atoms in total. The van der Waals surface area contributed by atoms with Crippen molar-refractivity contribution in [2.24, 2.45) is 5.92 Å². The third kappa shape index (κ3) is 3.82. The number of aromatic nitrogens is 3. The number of carbonyl (C=O) groups excluding carboxylic acids is 1.